The summed E-state index contributed by atoms with van der Waals surface area (Å²) < 4.78 is 5.85. The highest BCUT2D eigenvalue weighted by atomic mass is 35.5. The van der Waals surface area contributed by atoms with Crippen molar-refractivity contribution in [2.45, 2.75) is 19.5 Å². The molecule has 1 N–H and O–H groups in total. The molecule has 0 aliphatic rings. The van der Waals surface area contributed by atoms with Crippen LogP contribution in [-0.4, -0.2) is 35.4 Å². The minimum absolute atomic E-state index is 0.110. The van der Waals surface area contributed by atoms with Crippen molar-refractivity contribution in [3.8, 4) is 5.75 Å². The molecule has 0 aliphatic heterocycles. The number of thiophene rings is 1. The van der Waals surface area contributed by atoms with Gasteiger partial charge in [0.1, 0.15) is 5.75 Å². The van der Waals surface area contributed by atoms with E-state index in [0.717, 1.165) is 4.88 Å². The third kappa shape index (κ3) is 5.53. The first kappa shape index (κ1) is 20.9. The number of carbonyl (C=O) groups is 1. The van der Waals surface area contributed by atoms with Crippen LogP contribution in [-0.2, 0) is 11.3 Å². The van der Waals surface area contributed by atoms with Crippen LogP contribution < -0.4 is 10.1 Å². The van der Waals surface area contributed by atoms with Crippen LogP contribution in [0.4, 0.5) is 11.4 Å². The monoisotopic (exact) mass is 409 g/mol. The summed E-state index contributed by atoms with van der Waals surface area (Å²) in [4.78, 5) is 26.1. The fraction of sp³-hybridized carbons (Fsp3) is 0.278. The van der Waals surface area contributed by atoms with Crippen LogP contribution in [0.5, 0.6) is 5.75 Å². The smallest absolute Gasteiger partial charge is 0.273 e. The summed E-state index contributed by atoms with van der Waals surface area (Å²) in [7, 11) is 1.39. The molecule has 1 heterocycles. The minimum Gasteiger partial charge on any atom is -0.494 e. The molecule has 1 amide bonds. The van der Waals surface area contributed by atoms with Crippen molar-refractivity contribution in [3.63, 3.8) is 0 Å². The lowest BCUT2D eigenvalue weighted by Crippen LogP contribution is -2.41. The van der Waals surface area contributed by atoms with Gasteiger partial charge in [0.2, 0.25) is 5.91 Å². The Morgan fingerprint density at radius 1 is 1.48 bits per heavy atom. The van der Waals surface area contributed by atoms with Gasteiger partial charge < -0.3 is 10.1 Å². The van der Waals surface area contributed by atoms with E-state index in [-0.39, 0.29) is 17.3 Å². The highest BCUT2D eigenvalue weighted by molar-refractivity contribution is 7.16. The lowest BCUT2D eigenvalue weighted by atomic mass is 10.2. The molecular formula is C18H20ClN3O4S. The number of non-ortho nitro benzene ring substituents is 1. The summed E-state index contributed by atoms with van der Waals surface area (Å²) in [5, 5.41) is 13.7. The molecule has 0 bridgehead atoms. The molecule has 0 saturated heterocycles. The van der Waals surface area contributed by atoms with E-state index in [1.165, 1.54) is 36.6 Å². The molecule has 27 heavy (non-hydrogen) atoms. The van der Waals surface area contributed by atoms with Crippen LogP contribution in [0.2, 0.25) is 4.34 Å². The zero-order valence-electron chi connectivity index (χ0n) is 15.0. The van der Waals surface area contributed by atoms with Crippen molar-refractivity contribution in [2.24, 2.45) is 0 Å². The average Bonchev–Trinajstić information content (AvgIpc) is 3.05. The molecule has 1 aromatic heterocycles. The molecule has 0 radical (unpaired) electrons. The number of halogens is 1. The Morgan fingerprint density at radius 3 is 2.78 bits per heavy atom. The molecule has 1 aromatic carbocycles. The van der Waals surface area contributed by atoms with Crippen LogP contribution in [0.1, 0.15) is 11.8 Å². The molecule has 1 atom stereocenters. The molecule has 144 valence electrons. The average molecular weight is 410 g/mol. The first-order valence-electron chi connectivity index (χ1n) is 8.08. The highest BCUT2D eigenvalue weighted by Gasteiger charge is 2.23. The van der Waals surface area contributed by atoms with Gasteiger partial charge in [-0.1, -0.05) is 17.7 Å². The fourth-order valence-corrected chi connectivity index (χ4v) is 3.58. The number of hydrogen-bond donors (Lipinski definition) is 1. The number of nitrogens with zero attached hydrogens (tertiary/aromatic N) is 2. The van der Waals surface area contributed by atoms with Gasteiger partial charge in [-0.05, 0) is 25.1 Å². The van der Waals surface area contributed by atoms with Crippen LogP contribution >= 0.6 is 22.9 Å². The van der Waals surface area contributed by atoms with E-state index in [1.54, 1.807) is 13.0 Å². The second kappa shape index (κ2) is 9.50. The van der Waals surface area contributed by atoms with Crippen molar-refractivity contribution < 1.29 is 14.5 Å². The summed E-state index contributed by atoms with van der Waals surface area (Å²) in [6.07, 6.45) is 1.73. The van der Waals surface area contributed by atoms with Gasteiger partial charge in [0.25, 0.3) is 5.69 Å². The number of carbonyl (C=O) groups excluding carboxylic acids is 1. The standard InChI is InChI=1S/C18H20ClN3O4S/c1-4-9-21(11-14-6-8-17(19)27-14)12(2)18(23)20-15-7-5-13(22(24)25)10-16(15)26-3/h4-8,10,12H,1,9,11H2,2-3H3,(H,20,23)/t12-/m0/s1. The number of amides is 1. The largest absolute Gasteiger partial charge is 0.494 e. The first-order valence-corrected chi connectivity index (χ1v) is 9.27. The Hall–Kier alpha value is -2.42. The van der Waals surface area contributed by atoms with Crippen LogP contribution in [0, 0.1) is 10.1 Å². The number of methoxy groups -OCH3 is 1. The van der Waals surface area contributed by atoms with Gasteiger partial charge >= 0.3 is 0 Å². The molecule has 0 aliphatic carbocycles. The SMILES string of the molecule is C=CCN(Cc1ccc(Cl)s1)[C@@H](C)C(=O)Nc1ccc([N+](=O)[O-])cc1OC. The lowest BCUT2D eigenvalue weighted by Gasteiger charge is -2.26. The van der Waals surface area contributed by atoms with Gasteiger partial charge in [-0.2, -0.15) is 0 Å². The summed E-state index contributed by atoms with van der Waals surface area (Å²) in [5.41, 5.74) is 0.262. The lowest BCUT2D eigenvalue weighted by molar-refractivity contribution is -0.384. The Kier molecular flexibility index (Phi) is 7.35. The number of ether oxygens (including phenoxy) is 1. The zero-order valence-corrected chi connectivity index (χ0v) is 16.5. The maximum atomic E-state index is 12.7. The van der Waals surface area contributed by atoms with Gasteiger partial charge in [0.05, 0.1) is 34.2 Å². The first-order chi connectivity index (χ1) is 12.8. The third-order valence-corrected chi connectivity index (χ3v) is 5.15. The van der Waals surface area contributed by atoms with E-state index in [1.807, 2.05) is 17.0 Å². The van der Waals surface area contributed by atoms with Crippen molar-refractivity contribution in [1.29, 1.82) is 0 Å². The fourth-order valence-electron chi connectivity index (χ4n) is 2.46. The second-order valence-electron chi connectivity index (χ2n) is 5.73. The maximum absolute atomic E-state index is 12.7. The number of nitro benzene ring substituents is 1. The van der Waals surface area contributed by atoms with Crippen molar-refractivity contribution >= 4 is 40.2 Å². The van der Waals surface area contributed by atoms with Gasteiger partial charge in [0.15, 0.2) is 0 Å². The van der Waals surface area contributed by atoms with E-state index < -0.39 is 11.0 Å². The molecule has 0 unspecified atom stereocenters. The van der Waals surface area contributed by atoms with Gasteiger partial charge in [-0.3, -0.25) is 19.8 Å². The van der Waals surface area contributed by atoms with Crippen molar-refractivity contribution in [3.05, 3.63) is 62.3 Å². The van der Waals surface area contributed by atoms with E-state index >= 15 is 0 Å². The van der Waals surface area contributed by atoms with Crippen LogP contribution in [0.25, 0.3) is 0 Å². The topological polar surface area (TPSA) is 84.7 Å². The molecule has 2 aromatic rings. The molecule has 9 heteroatoms. The summed E-state index contributed by atoms with van der Waals surface area (Å²) in [6, 6.07) is 7.32. The van der Waals surface area contributed by atoms with Gasteiger partial charge in [-0.15, -0.1) is 17.9 Å². The number of rotatable bonds is 9. The molecule has 0 fully saturated rings. The minimum atomic E-state index is -0.519. The van der Waals surface area contributed by atoms with Crippen LogP contribution in [0.15, 0.2) is 43.0 Å². The quantitative estimate of drug-likeness (QED) is 0.378. The van der Waals surface area contributed by atoms with Crippen molar-refractivity contribution in [2.75, 3.05) is 19.0 Å². The molecule has 0 saturated carbocycles. The molecule has 7 nitrogen and oxygen atoms in total. The van der Waals surface area contributed by atoms with Crippen LogP contribution in [0.3, 0.4) is 0 Å². The van der Waals surface area contributed by atoms with E-state index in [9.17, 15) is 14.9 Å². The summed E-state index contributed by atoms with van der Waals surface area (Å²) in [5.74, 6) is -0.0308. The number of nitrogens with one attached hydrogen (secondary N) is 1. The predicted molar refractivity (Wildman–Crippen MR) is 108 cm³/mol. The number of nitro groups is 1. The number of benzene rings is 1. The summed E-state index contributed by atoms with van der Waals surface area (Å²) in [6.45, 7) is 6.60. The zero-order chi connectivity index (χ0) is 20.0. The maximum Gasteiger partial charge on any atom is 0.273 e. The molecular weight excluding hydrogens is 390 g/mol. The van der Waals surface area contributed by atoms with Gasteiger partial charge in [0, 0.05) is 24.0 Å². The number of hydrogen-bond acceptors (Lipinski definition) is 6. The van der Waals surface area contributed by atoms with E-state index in [2.05, 4.69) is 11.9 Å². The Bertz CT molecular complexity index is 840. The Morgan fingerprint density at radius 2 is 2.22 bits per heavy atom. The highest BCUT2D eigenvalue weighted by Crippen LogP contribution is 2.29. The van der Waals surface area contributed by atoms with E-state index in [4.69, 9.17) is 16.3 Å². The number of anilines is 1. The second-order valence-corrected chi connectivity index (χ2v) is 7.53. The molecule has 2 rings (SSSR count). The Labute approximate surface area is 166 Å². The Balaban J connectivity index is 2.14. The van der Waals surface area contributed by atoms with Gasteiger partial charge in [-0.25, -0.2) is 0 Å². The van der Waals surface area contributed by atoms with E-state index in [0.29, 0.717) is 23.1 Å². The van der Waals surface area contributed by atoms with Crippen molar-refractivity contribution in [1.82, 2.24) is 4.90 Å². The molecule has 0 spiro atoms. The third-order valence-electron chi connectivity index (χ3n) is 3.93. The normalized spacial score (nSPS) is 11.9. The predicted octanol–water partition coefficient (Wildman–Crippen LogP) is 4.33. The summed E-state index contributed by atoms with van der Waals surface area (Å²) >= 11 is 7.44.